The second kappa shape index (κ2) is 9.23. The highest BCUT2D eigenvalue weighted by Crippen LogP contribution is 2.35. The van der Waals surface area contributed by atoms with Crippen molar-refractivity contribution in [2.24, 2.45) is 0 Å². The summed E-state index contributed by atoms with van der Waals surface area (Å²) in [5, 5.41) is 5.51. The van der Waals surface area contributed by atoms with E-state index in [9.17, 15) is 18.0 Å². The number of alkyl halides is 3. The Bertz CT molecular complexity index is 959. The first-order valence-electron chi connectivity index (χ1n) is 9.14. The Balaban J connectivity index is 1.60. The predicted octanol–water partition coefficient (Wildman–Crippen LogP) is 5.21. The number of carbonyl (C=O) groups excluding carboxylic acids is 1. The molecule has 0 spiro atoms. The summed E-state index contributed by atoms with van der Waals surface area (Å²) in [5.41, 5.74) is 0.897. The molecule has 4 nitrogen and oxygen atoms in total. The van der Waals surface area contributed by atoms with Crippen molar-refractivity contribution < 1.29 is 18.0 Å². The van der Waals surface area contributed by atoms with Gasteiger partial charge in [-0.3, -0.25) is 9.78 Å². The van der Waals surface area contributed by atoms with Gasteiger partial charge in [-0.1, -0.05) is 42.5 Å². The molecule has 2 N–H and O–H groups in total. The summed E-state index contributed by atoms with van der Waals surface area (Å²) in [6, 6.07) is 16.6. The van der Waals surface area contributed by atoms with Gasteiger partial charge < -0.3 is 10.6 Å². The molecule has 0 aliphatic heterocycles. The molecule has 1 heterocycles. The van der Waals surface area contributed by atoms with E-state index < -0.39 is 11.7 Å². The van der Waals surface area contributed by atoms with Crippen molar-refractivity contribution in [2.75, 3.05) is 11.9 Å². The highest BCUT2D eigenvalue weighted by atomic mass is 19.4. The Labute approximate surface area is 166 Å². The molecule has 0 aliphatic rings. The molecule has 0 aliphatic carbocycles. The topological polar surface area (TPSA) is 54.0 Å². The van der Waals surface area contributed by atoms with Gasteiger partial charge in [0.15, 0.2) is 0 Å². The van der Waals surface area contributed by atoms with Crippen LogP contribution in [0.25, 0.3) is 0 Å². The van der Waals surface area contributed by atoms with Gasteiger partial charge in [0, 0.05) is 12.7 Å². The maximum Gasteiger partial charge on any atom is 0.418 e. The minimum absolute atomic E-state index is 0.0952. The van der Waals surface area contributed by atoms with Gasteiger partial charge in [0.25, 0.3) is 5.91 Å². The van der Waals surface area contributed by atoms with Gasteiger partial charge in [0.1, 0.15) is 0 Å². The number of amides is 1. The molecular weight excluding hydrogens is 379 g/mol. The van der Waals surface area contributed by atoms with Gasteiger partial charge in [0.2, 0.25) is 0 Å². The normalized spacial score (nSPS) is 11.1. The zero-order valence-electron chi connectivity index (χ0n) is 15.5. The molecule has 0 radical (unpaired) electrons. The van der Waals surface area contributed by atoms with Gasteiger partial charge in [-0.05, 0) is 36.6 Å². The largest absolute Gasteiger partial charge is 0.418 e. The second-order valence-corrected chi connectivity index (χ2v) is 6.48. The molecule has 0 saturated heterocycles. The molecule has 7 heteroatoms. The van der Waals surface area contributed by atoms with Crippen LogP contribution < -0.4 is 10.6 Å². The lowest BCUT2D eigenvalue weighted by Crippen LogP contribution is -2.25. The van der Waals surface area contributed by atoms with Crippen LogP contribution in [0, 0.1) is 0 Å². The van der Waals surface area contributed by atoms with Crippen molar-refractivity contribution in [3.8, 4) is 0 Å². The fourth-order valence-electron chi connectivity index (χ4n) is 2.87. The number of nitrogens with one attached hydrogen (secondary N) is 2. The van der Waals surface area contributed by atoms with Crippen LogP contribution in [0.4, 0.5) is 24.5 Å². The molecule has 150 valence electrons. The molecule has 29 heavy (non-hydrogen) atoms. The molecule has 0 bridgehead atoms. The smallest absolute Gasteiger partial charge is 0.354 e. The molecule has 0 fully saturated rings. The maximum absolute atomic E-state index is 13.1. The van der Waals surface area contributed by atoms with Crippen LogP contribution in [0.1, 0.15) is 27.9 Å². The number of pyridine rings is 1. The number of nitrogens with zero attached hydrogens (tertiary/aromatic N) is 1. The second-order valence-electron chi connectivity index (χ2n) is 6.48. The molecule has 1 amide bonds. The van der Waals surface area contributed by atoms with Gasteiger partial charge in [0.05, 0.1) is 28.7 Å². The Morgan fingerprint density at radius 3 is 2.45 bits per heavy atom. The maximum atomic E-state index is 13.1. The van der Waals surface area contributed by atoms with E-state index in [4.69, 9.17) is 0 Å². The highest BCUT2D eigenvalue weighted by Gasteiger charge is 2.33. The van der Waals surface area contributed by atoms with Crippen LogP contribution in [0.15, 0.2) is 73.1 Å². The molecule has 1 aromatic heterocycles. The van der Waals surface area contributed by atoms with Crippen molar-refractivity contribution in [3.63, 3.8) is 0 Å². The van der Waals surface area contributed by atoms with E-state index in [0.717, 1.165) is 18.9 Å². The van der Waals surface area contributed by atoms with Crippen molar-refractivity contribution in [3.05, 3.63) is 89.7 Å². The third-order valence-corrected chi connectivity index (χ3v) is 4.28. The van der Waals surface area contributed by atoms with Crippen molar-refractivity contribution in [2.45, 2.75) is 19.0 Å². The quantitative estimate of drug-likeness (QED) is 0.537. The summed E-state index contributed by atoms with van der Waals surface area (Å²) < 4.78 is 39.4. The van der Waals surface area contributed by atoms with E-state index in [0.29, 0.717) is 12.2 Å². The predicted molar refractivity (Wildman–Crippen MR) is 106 cm³/mol. The molecule has 3 aromatic rings. The first-order chi connectivity index (χ1) is 13.9. The number of carbonyl (C=O) groups is 1. The summed E-state index contributed by atoms with van der Waals surface area (Å²) in [5.74, 6) is -0.321. The fourth-order valence-corrected chi connectivity index (χ4v) is 2.87. The number of hydrogen-bond acceptors (Lipinski definition) is 3. The van der Waals surface area contributed by atoms with Crippen LogP contribution in [-0.2, 0) is 12.6 Å². The molecule has 2 aromatic carbocycles. The number of anilines is 2. The van der Waals surface area contributed by atoms with Crippen LogP contribution in [0.5, 0.6) is 0 Å². The lowest BCUT2D eigenvalue weighted by Gasteiger charge is -2.14. The van der Waals surface area contributed by atoms with Crippen LogP contribution in [-0.4, -0.2) is 17.4 Å². The third kappa shape index (κ3) is 5.81. The zero-order chi connectivity index (χ0) is 20.7. The van der Waals surface area contributed by atoms with E-state index in [-0.39, 0.29) is 17.2 Å². The first kappa shape index (κ1) is 20.4. The highest BCUT2D eigenvalue weighted by molar-refractivity contribution is 5.94. The van der Waals surface area contributed by atoms with E-state index in [1.807, 2.05) is 30.3 Å². The lowest BCUT2D eigenvalue weighted by atomic mass is 10.1. The molecule has 0 atom stereocenters. The van der Waals surface area contributed by atoms with Crippen molar-refractivity contribution in [1.29, 1.82) is 0 Å². The first-order valence-corrected chi connectivity index (χ1v) is 9.14. The number of benzene rings is 2. The molecule has 0 saturated carbocycles. The van der Waals surface area contributed by atoms with Crippen molar-refractivity contribution >= 4 is 17.3 Å². The van der Waals surface area contributed by atoms with Gasteiger partial charge in [-0.2, -0.15) is 13.2 Å². The number of para-hydroxylation sites is 1. The third-order valence-electron chi connectivity index (χ3n) is 4.28. The number of aromatic nitrogens is 1. The van der Waals surface area contributed by atoms with Crippen molar-refractivity contribution in [1.82, 2.24) is 10.3 Å². The average molecular weight is 399 g/mol. The summed E-state index contributed by atoms with van der Waals surface area (Å²) in [6.07, 6.45) is -0.104. The fraction of sp³-hybridized carbons (Fsp3) is 0.182. The van der Waals surface area contributed by atoms with Crippen LogP contribution in [0.3, 0.4) is 0 Å². The standard InChI is InChI=1S/C22H20F3N3O/c23-22(24,25)19-10-4-5-11-20(19)28-18-13-17(14-26-15-18)21(29)27-12-6-9-16-7-2-1-3-8-16/h1-5,7-8,10-11,13-15,28H,6,9,12H2,(H,27,29). The summed E-state index contributed by atoms with van der Waals surface area (Å²) in [4.78, 5) is 16.3. The monoisotopic (exact) mass is 399 g/mol. The van der Waals surface area contributed by atoms with E-state index in [1.165, 1.54) is 42.2 Å². The Kier molecular flexibility index (Phi) is 6.49. The van der Waals surface area contributed by atoms with Gasteiger partial charge in [-0.25, -0.2) is 0 Å². The van der Waals surface area contributed by atoms with Gasteiger partial charge in [-0.15, -0.1) is 0 Å². The Morgan fingerprint density at radius 1 is 0.966 bits per heavy atom. The minimum Gasteiger partial charge on any atom is -0.354 e. The van der Waals surface area contributed by atoms with Gasteiger partial charge >= 0.3 is 6.18 Å². The molecule has 0 unspecified atom stereocenters. The number of halogens is 3. The SMILES string of the molecule is O=C(NCCCc1ccccc1)c1cncc(Nc2ccccc2C(F)(F)F)c1. The summed E-state index contributed by atoms with van der Waals surface area (Å²) in [6.45, 7) is 0.488. The van der Waals surface area contributed by atoms with E-state index in [1.54, 1.807) is 0 Å². The number of rotatable bonds is 7. The summed E-state index contributed by atoms with van der Waals surface area (Å²) in [7, 11) is 0. The van der Waals surface area contributed by atoms with Crippen LogP contribution >= 0.6 is 0 Å². The van der Waals surface area contributed by atoms with Crippen LogP contribution in [0.2, 0.25) is 0 Å². The Hall–Kier alpha value is -3.35. The molecule has 3 rings (SSSR count). The average Bonchev–Trinajstić information content (AvgIpc) is 2.72. The number of aryl methyl sites for hydroxylation is 1. The van der Waals surface area contributed by atoms with E-state index in [2.05, 4.69) is 15.6 Å². The minimum atomic E-state index is -4.48. The number of hydrogen-bond donors (Lipinski definition) is 2. The lowest BCUT2D eigenvalue weighted by molar-refractivity contribution is -0.136. The Morgan fingerprint density at radius 2 is 1.69 bits per heavy atom. The summed E-state index contributed by atoms with van der Waals surface area (Å²) >= 11 is 0. The van der Waals surface area contributed by atoms with E-state index >= 15 is 0 Å². The zero-order valence-corrected chi connectivity index (χ0v) is 15.5. The molecular formula is C22H20F3N3O.